The number of amides is 1. The van der Waals surface area contributed by atoms with Crippen LogP contribution in [0.2, 0.25) is 5.02 Å². The number of nitrogens with zero attached hydrogens (tertiary/aromatic N) is 4. The number of ether oxygens (including phenoxy) is 2. The van der Waals surface area contributed by atoms with Crippen LogP contribution in [0.1, 0.15) is 38.5 Å². The Hall–Kier alpha value is -3.17. The third kappa shape index (κ3) is 6.04. The molecule has 1 saturated carbocycles. The Balaban J connectivity index is 1.26. The third-order valence-electron chi connectivity index (χ3n) is 7.90. The minimum Gasteiger partial charge on any atom is -0.493 e. The summed E-state index contributed by atoms with van der Waals surface area (Å²) in [7, 11) is 5.28. The van der Waals surface area contributed by atoms with Gasteiger partial charge in [-0.3, -0.25) is 4.79 Å². The van der Waals surface area contributed by atoms with Gasteiger partial charge in [-0.05, 0) is 69.8 Å². The molecule has 0 bridgehead atoms. The summed E-state index contributed by atoms with van der Waals surface area (Å²) >= 11 is 5.96. The van der Waals surface area contributed by atoms with Gasteiger partial charge in [-0.1, -0.05) is 17.7 Å². The largest absolute Gasteiger partial charge is 0.493 e. The number of fused-ring (bicyclic) bond motifs is 1. The fourth-order valence-corrected chi connectivity index (χ4v) is 5.90. The molecule has 1 aliphatic carbocycles. The van der Waals surface area contributed by atoms with Gasteiger partial charge in [0.25, 0.3) is 0 Å². The highest BCUT2D eigenvalue weighted by Crippen LogP contribution is 2.38. The van der Waals surface area contributed by atoms with Crippen molar-refractivity contribution in [1.82, 2.24) is 19.8 Å². The number of methoxy groups -OCH3 is 1. The second-order valence-electron chi connectivity index (χ2n) is 10.6. The highest BCUT2D eigenvalue weighted by Gasteiger charge is 2.32. The molecule has 2 heterocycles. The van der Waals surface area contributed by atoms with Gasteiger partial charge < -0.3 is 24.6 Å². The first kappa shape index (κ1) is 27.4. The number of nitrogens with one attached hydrogen (secondary N) is 1. The Morgan fingerprint density at radius 1 is 1.08 bits per heavy atom. The molecular weight excluding hydrogens is 521 g/mol. The highest BCUT2D eigenvalue weighted by atomic mass is 35.5. The summed E-state index contributed by atoms with van der Waals surface area (Å²) in [4.78, 5) is 25.3. The van der Waals surface area contributed by atoms with Crippen LogP contribution in [0.25, 0.3) is 10.9 Å². The minimum absolute atomic E-state index is 0.0334. The second kappa shape index (κ2) is 11.9. The molecule has 2 aliphatic rings. The highest BCUT2D eigenvalue weighted by molar-refractivity contribution is 6.31. The van der Waals surface area contributed by atoms with Crippen molar-refractivity contribution in [2.75, 3.05) is 39.6 Å². The number of halogens is 2. The summed E-state index contributed by atoms with van der Waals surface area (Å²) in [6.45, 7) is 1.95. The van der Waals surface area contributed by atoms with Crippen molar-refractivity contribution in [3.63, 3.8) is 0 Å². The molecule has 0 spiro atoms. The molecule has 10 heteroatoms. The minimum atomic E-state index is -0.541. The first-order valence-electron chi connectivity index (χ1n) is 13.5. The van der Waals surface area contributed by atoms with E-state index in [2.05, 4.69) is 20.2 Å². The summed E-state index contributed by atoms with van der Waals surface area (Å²) in [5, 5.41) is 3.77. The maximum Gasteiger partial charge on any atom is 0.225 e. The first-order chi connectivity index (χ1) is 18.8. The third-order valence-corrected chi connectivity index (χ3v) is 8.19. The Labute approximate surface area is 233 Å². The van der Waals surface area contributed by atoms with Crippen molar-refractivity contribution in [3.05, 3.63) is 47.5 Å². The van der Waals surface area contributed by atoms with E-state index in [-0.39, 0.29) is 28.6 Å². The molecule has 3 aromatic rings. The molecule has 1 saturated heterocycles. The quantitative estimate of drug-likeness (QED) is 0.402. The molecule has 1 aromatic heterocycles. The summed E-state index contributed by atoms with van der Waals surface area (Å²) in [6, 6.07) is 8.98. The first-order valence-corrected chi connectivity index (χ1v) is 13.9. The van der Waals surface area contributed by atoms with Gasteiger partial charge in [-0.25, -0.2) is 14.4 Å². The molecule has 0 unspecified atom stereocenters. The average molecular weight is 556 g/mol. The SMILES string of the molecule is COc1cc2ncnc(Nc3cccc(Cl)c3F)c2cc1O[C@H]1CC[C@H](N2CCC(C(=O)N(C)C)CC2)CC1. The molecule has 208 valence electrons. The monoisotopic (exact) mass is 555 g/mol. The van der Waals surface area contributed by atoms with E-state index in [1.54, 1.807) is 24.1 Å². The Morgan fingerprint density at radius 3 is 2.51 bits per heavy atom. The fraction of sp³-hybridized carbons (Fsp3) is 0.483. The fourth-order valence-electron chi connectivity index (χ4n) is 5.73. The van der Waals surface area contributed by atoms with Crippen molar-refractivity contribution in [3.8, 4) is 11.5 Å². The lowest BCUT2D eigenvalue weighted by Gasteiger charge is -2.40. The molecule has 1 amide bonds. The number of hydrogen-bond donors (Lipinski definition) is 1. The number of hydrogen-bond acceptors (Lipinski definition) is 7. The van der Waals surface area contributed by atoms with E-state index in [1.807, 2.05) is 26.2 Å². The topological polar surface area (TPSA) is 79.8 Å². The van der Waals surface area contributed by atoms with Crippen LogP contribution in [0.3, 0.4) is 0 Å². The predicted octanol–water partition coefficient (Wildman–Crippen LogP) is 5.66. The van der Waals surface area contributed by atoms with Gasteiger partial charge in [-0.15, -0.1) is 0 Å². The summed E-state index contributed by atoms with van der Waals surface area (Å²) in [6.07, 6.45) is 7.32. The van der Waals surface area contributed by atoms with Crippen LogP contribution < -0.4 is 14.8 Å². The number of carbonyl (C=O) groups excluding carboxylic acids is 1. The zero-order chi connectivity index (χ0) is 27.5. The van der Waals surface area contributed by atoms with Gasteiger partial charge in [0.15, 0.2) is 17.3 Å². The van der Waals surface area contributed by atoms with Gasteiger partial charge >= 0.3 is 0 Å². The zero-order valence-electron chi connectivity index (χ0n) is 22.6. The van der Waals surface area contributed by atoms with E-state index in [9.17, 15) is 9.18 Å². The standard InChI is InChI=1S/C29H35ClFN5O3/c1-35(2)29(37)18-11-13-36(14-12-18)19-7-9-20(10-8-19)39-26-15-21-24(16-25(26)38-3)32-17-33-28(21)34-23-6-4-5-22(30)27(23)31/h4-6,15-20H,7-14H2,1-3H3,(H,32,33,34)/t19-,20-. The predicted molar refractivity (Wildman–Crippen MR) is 150 cm³/mol. The second-order valence-corrected chi connectivity index (χ2v) is 11.0. The summed E-state index contributed by atoms with van der Waals surface area (Å²) in [5.74, 6) is 1.51. The lowest BCUT2D eigenvalue weighted by atomic mass is 9.88. The maximum absolute atomic E-state index is 14.5. The van der Waals surface area contributed by atoms with Gasteiger partial charge in [0.05, 0.1) is 29.4 Å². The molecule has 1 N–H and O–H groups in total. The Kier molecular flexibility index (Phi) is 8.37. The number of aromatic nitrogens is 2. The Bertz CT molecular complexity index is 1320. The van der Waals surface area contributed by atoms with Crippen molar-refractivity contribution in [2.45, 2.75) is 50.7 Å². The van der Waals surface area contributed by atoms with Crippen LogP contribution in [-0.2, 0) is 4.79 Å². The van der Waals surface area contributed by atoms with Gasteiger partial charge in [0, 0.05) is 37.5 Å². The van der Waals surface area contributed by atoms with Crippen LogP contribution >= 0.6 is 11.6 Å². The summed E-state index contributed by atoms with van der Waals surface area (Å²) < 4.78 is 26.6. The normalized spacial score (nSPS) is 20.5. The lowest BCUT2D eigenvalue weighted by molar-refractivity contribution is -0.134. The molecule has 5 rings (SSSR count). The van der Waals surface area contributed by atoms with Crippen LogP contribution in [0, 0.1) is 11.7 Å². The van der Waals surface area contributed by atoms with Crippen LogP contribution in [0.5, 0.6) is 11.5 Å². The number of anilines is 2. The smallest absolute Gasteiger partial charge is 0.225 e. The van der Waals surface area contributed by atoms with E-state index in [0.29, 0.717) is 34.3 Å². The molecule has 2 aromatic carbocycles. The molecule has 2 fully saturated rings. The van der Waals surface area contributed by atoms with Crippen molar-refractivity contribution in [2.24, 2.45) is 5.92 Å². The molecule has 8 nitrogen and oxygen atoms in total. The zero-order valence-corrected chi connectivity index (χ0v) is 23.4. The molecule has 0 atom stereocenters. The number of rotatable bonds is 7. The van der Waals surface area contributed by atoms with E-state index in [1.165, 1.54) is 12.4 Å². The van der Waals surface area contributed by atoms with E-state index in [4.69, 9.17) is 21.1 Å². The number of likely N-dealkylation sites (tertiary alicyclic amines) is 1. The van der Waals surface area contributed by atoms with E-state index < -0.39 is 5.82 Å². The molecular formula is C29H35ClFN5O3. The summed E-state index contributed by atoms with van der Waals surface area (Å²) in [5.41, 5.74) is 0.883. The number of piperidine rings is 1. The van der Waals surface area contributed by atoms with Gasteiger partial charge in [0.2, 0.25) is 5.91 Å². The maximum atomic E-state index is 14.5. The van der Waals surface area contributed by atoms with Crippen molar-refractivity contribution in [1.29, 1.82) is 0 Å². The van der Waals surface area contributed by atoms with Crippen LogP contribution in [0.4, 0.5) is 15.9 Å². The average Bonchev–Trinajstić information content (AvgIpc) is 2.95. The molecule has 1 aliphatic heterocycles. The molecule has 0 radical (unpaired) electrons. The van der Waals surface area contributed by atoms with E-state index >= 15 is 0 Å². The number of carbonyl (C=O) groups is 1. The van der Waals surface area contributed by atoms with Crippen LogP contribution in [0.15, 0.2) is 36.7 Å². The van der Waals surface area contributed by atoms with Crippen LogP contribution in [-0.4, -0.2) is 72.1 Å². The van der Waals surface area contributed by atoms with Gasteiger partial charge in [-0.2, -0.15) is 0 Å². The van der Waals surface area contributed by atoms with Crippen molar-refractivity contribution >= 4 is 39.9 Å². The van der Waals surface area contributed by atoms with Crippen molar-refractivity contribution < 1.29 is 18.7 Å². The molecule has 39 heavy (non-hydrogen) atoms. The van der Waals surface area contributed by atoms with E-state index in [0.717, 1.165) is 51.6 Å². The lowest BCUT2D eigenvalue weighted by Crippen LogP contribution is -2.46. The Morgan fingerprint density at radius 2 is 1.82 bits per heavy atom. The number of benzene rings is 2. The van der Waals surface area contributed by atoms with Gasteiger partial charge in [0.1, 0.15) is 12.1 Å².